The fourth-order valence-corrected chi connectivity index (χ4v) is 4.35. The summed E-state index contributed by atoms with van der Waals surface area (Å²) in [6.45, 7) is 1.99. The molecule has 0 spiro atoms. The SMILES string of the molecule is COc1ccc(-c2nc(NC(=O)c3[nH]c4ccccc4c3Br)sc2C)cc1. The zero-order valence-electron chi connectivity index (χ0n) is 14.7. The molecule has 7 heteroatoms. The molecule has 0 unspecified atom stereocenters. The summed E-state index contributed by atoms with van der Waals surface area (Å²) in [6, 6.07) is 15.5. The zero-order valence-corrected chi connectivity index (χ0v) is 17.1. The molecule has 2 aromatic carbocycles. The number of para-hydroxylation sites is 1. The van der Waals surface area contributed by atoms with E-state index in [0.717, 1.165) is 37.3 Å². The number of aromatic nitrogens is 2. The highest BCUT2D eigenvalue weighted by atomic mass is 79.9. The van der Waals surface area contributed by atoms with Crippen LogP contribution in [0.1, 0.15) is 15.4 Å². The van der Waals surface area contributed by atoms with Gasteiger partial charge in [0.1, 0.15) is 11.4 Å². The van der Waals surface area contributed by atoms with Crippen molar-refractivity contribution < 1.29 is 9.53 Å². The molecule has 4 rings (SSSR count). The lowest BCUT2D eigenvalue weighted by molar-refractivity contribution is 0.102. The van der Waals surface area contributed by atoms with Gasteiger partial charge in [-0.25, -0.2) is 4.98 Å². The Morgan fingerprint density at radius 3 is 2.63 bits per heavy atom. The molecule has 2 N–H and O–H groups in total. The Morgan fingerprint density at radius 2 is 1.93 bits per heavy atom. The van der Waals surface area contributed by atoms with Gasteiger partial charge in [-0.1, -0.05) is 18.2 Å². The average molecular weight is 442 g/mol. The first kappa shape index (κ1) is 17.8. The molecule has 0 radical (unpaired) electrons. The van der Waals surface area contributed by atoms with E-state index in [0.29, 0.717) is 10.8 Å². The molecule has 0 fully saturated rings. The number of nitrogens with one attached hydrogen (secondary N) is 2. The number of thiazole rings is 1. The van der Waals surface area contributed by atoms with Crippen LogP contribution in [0.2, 0.25) is 0 Å². The summed E-state index contributed by atoms with van der Waals surface area (Å²) < 4.78 is 5.94. The number of H-pyrrole nitrogens is 1. The van der Waals surface area contributed by atoms with Gasteiger partial charge in [-0.15, -0.1) is 11.3 Å². The number of ether oxygens (including phenoxy) is 1. The van der Waals surface area contributed by atoms with E-state index in [-0.39, 0.29) is 5.91 Å². The van der Waals surface area contributed by atoms with E-state index in [1.54, 1.807) is 7.11 Å². The van der Waals surface area contributed by atoms with Crippen LogP contribution < -0.4 is 10.1 Å². The molecule has 0 saturated carbocycles. The number of carbonyl (C=O) groups is 1. The first-order chi connectivity index (χ1) is 13.1. The summed E-state index contributed by atoms with van der Waals surface area (Å²) in [5.41, 5.74) is 3.23. The van der Waals surface area contributed by atoms with Crippen molar-refractivity contribution >= 4 is 49.2 Å². The molecular weight excluding hydrogens is 426 g/mol. The first-order valence-corrected chi connectivity index (χ1v) is 9.87. The number of halogens is 1. The Labute approximate surface area is 168 Å². The van der Waals surface area contributed by atoms with Gasteiger partial charge in [0.15, 0.2) is 5.13 Å². The predicted octanol–water partition coefficient (Wildman–Crippen LogP) is 5.62. The summed E-state index contributed by atoms with van der Waals surface area (Å²) >= 11 is 4.97. The zero-order chi connectivity index (χ0) is 19.0. The van der Waals surface area contributed by atoms with Crippen molar-refractivity contribution in [1.29, 1.82) is 0 Å². The molecule has 136 valence electrons. The highest BCUT2D eigenvalue weighted by molar-refractivity contribution is 9.10. The Bertz CT molecular complexity index is 1130. The van der Waals surface area contributed by atoms with E-state index < -0.39 is 0 Å². The van der Waals surface area contributed by atoms with Crippen LogP contribution >= 0.6 is 27.3 Å². The highest BCUT2D eigenvalue weighted by Crippen LogP contribution is 2.33. The number of rotatable bonds is 4. The van der Waals surface area contributed by atoms with Crippen LogP contribution in [0.5, 0.6) is 5.75 Å². The normalized spacial score (nSPS) is 10.9. The molecule has 0 aliphatic rings. The smallest absolute Gasteiger partial charge is 0.275 e. The second-order valence-electron chi connectivity index (χ2n) is 5.97. The number of hydrogen-bond acceptors (Lipinski definition) is 4. The van der Waals surface area contributed by atoms with Crippen molar-refractivity contribution in [1.82, 2.24) is 9.97 Å². The van der Waals surface area contributed by atoms with Gasteiger partial charge in [-0.3, -0.25) is 10.1 Å². The van der Waals surface area contributed by atoms with E-state index in [1.807, 2.05) is 55.5 Å². The maximum absolute atomic E-state index is 12.7. The maximum atomic E-state index is 12.7. The first-order valence-electron chi connectivity index (χ1n) is 8.26. The van der Waals surface area contributed by atoms with Crippen LogP contribution in [-0.2, 0) is 0 Å². The number of hydrogen-bond donors (Lipinski definition) is 2. The van der Waals surface area contributed by atoms with Crippen LogP contribution in [-0.4, -0.2) is 23.0 Å². The third kappa shape index (κ3) is 3.36. The summed E-state index contributed by atoms with van der Waals surface area (Å²) in [5, 5.41) is 4.43. The number of fused-ring (bicyclic) bond motifs is 1. The lowest BCUT2D eigenvalue weighted by atomic mass is 10.1. The number of nitrogens with zero attached hydrogens (tertiary/aromatic N) is 1. The van der Waals surface area contributed by atoms with Crippen molar-refractivity contribution in [2.24, 2.45) is 0 Å². The Kier molecular flexibility index (Phi) is 4.72. The molecular formula is C20H16BrN3O2S. The van der Waals surface area contributed by atoms with Crippen LogP contribution in [0.15, 0.2) is 53.0 Å². The van der Waals surface area contributed by atoms with Crippen LogP contribution in [0.25, 0.3) is 22.2 Å². The molecule has 0 bridgehead atoms. The fraction of sp³-hybridized carbons (Fsp3) is 0.100. The molecule has 2 heterocycles. The number of benzene rings is 2. The van der Waals surface area contributed by atoms with E-state index >= 15 is 0 Å². The van der Waals surface area contributed by atoms with Crippen LogP contribution in [0.4, 0.5) is 5.13 Å². The minimum absolute atomic E-state index is 0.229. The molecule has 0 aliphatic heterocycles. The molecule has 0 saturated heterocycles. The Morgan fingerprint density at radius 1 is 1.19 bits per heavy atom. The van der Waals surface area contributed by atoms with Gasteiger partial charge in [0.2, 0.25) is 0 Å². The second-order valence-corrected chi connectivity index (χ2v) is 7.96. The molecule has 0 aliphatic carbocycles. The van der Waals surface area contributed by atoms with Crippen molar-refractivity contribution in [3.05, 3.63) is 63.6 Å². The summed E-state index contributed by atoms with van der Waals surface area (Å²) in [4.78, 5) is 21.5. The van der Waals surface area contributed by atoms with Gasteiger partial charge in [-0.05, 0) is 53.2 Å². The quantitative estimate of drug-likeness (QED) is 0.431. The third-order valence-corrected chi connectivity index (χ3v) is 5.96. The summed E-state index contributed by atoms with van der Waals surface area (Å²) in [6.07, 6.45) is 0. The number of methoxy groups -OCH3 is 1. The molecule has 5 nitrogen and oxygen atoms in total. The van der Waals surface area contributed by atoms with Gasteiger partial charge in [0, 0.05) is 21.3 Å². The summed E-state index contributed by atoms with van der Waals surface area (Å²) in [7, 11) is 1.64. The molecule has 27 heavy (non-hydrogen) atoms. The van der Waals surface area contributed by atoms with Gasteiger partial charge in [0.05, 0.1) is 17.3 Å². The molecule has 0 atom stereocenters. The lowest BCUT2D eigenvalue weighted by Crippen LogP contribution is -2.12. The number of carbonyl (C=O) groups excluding carboxylic acids is 1. The number of amides is 1. The average Bonchev–Trinajstić information content (AvgIpc) is 3.22. The minimum atomic E-state index is -0.229. The fourth-order valence-electron chi connectivity index (χ4n) is 2.89. The van der Waals surface area contributed by atoms with E-state index in [4.69, 9.17) is 4.74 Å². The van der Waals surface area contributed by atoms with Crippen molar-refractivity contribution in [2.45, 2.75) is 6.92 Å². The van der Waals surface area contributed by atoms with Gasteiger partial charge >= 0.3 is 0 Å². The van der Waals surface area contributed by atoms with Crippen LogP contribution in [0.3, 0.4) is 0 Å². The van der Waals surface area contributed by atoms with Gasteiger partial charge in [-0.2, -0.15) is 0 Å². The number of anilines is 1. The lowest BCUT2D eigenvalue weighted by Gasteiger charge is -2.02. The van der Waals surface area contributed by atoms with Gasteiger partial charge < -0.3 is 9.72 Å². The topological polar surface area (TPSA) is 67.0 Å². The summed E-state index contributed by atoms with van der Waals surface area (Å²) in [5.74, 6) is 0.567. The number of aryl methyl sites for hydroxylation is 1. The van der Waals surface area contributed by atoms with E-state index in [9.17, 15) is 4.79 Å². The highest BCUT2D eigenvalue weighted by Gasteiger charge is 2.18. The number of aromatic amines is 1. The Balaban J connectivity index is 1.60. The Hall–Kier alpha value is -2.64. The molecule has 2 aromatic heterocycles. The van der Waals surface area contributed by atoms with Gasteiger partial charge in [0.25, 0.3) is 5.91 Å². The standard InChI is InChI=1S/C20H16BrN3O2S/c1-11-17(12-7-9-13(26-2)10-8-12)23-20(27-11)24-19(25)18-16(21)14-5-3-4-6-15(14)22-18/h3-10,22H,1-2H3,(H,23,24,25). The molecule has 4 aromatic rings. The largest absolute Gasteiger partial charge is 0.497 e. The predicted molar refractivity (Wildman–Crippen MR) is 113 cm³/mol. The van der Waals surface area contributed by atoms with Crippen molar-refractivity contribution in [3.63, 3.8) is 0 Å². The maximum Gasteiger partial charge on any atom is 0.275 e. The third-order valence-electron chi connectivity index (χ3n) is 4.25. The monoisotopic (exact) mass is 441 g/mol. The van der Waals surface area contributed by atoms with Crippen molar-refractivity contribution in [2.75, 3.05) is 12.4 Å². The van der Waals surface area contributed by atoms with E-state index in [2.05, 4.69) is 31.2 Å². The van der Waals surface area contributed by atoms with E-state index in [1.165, 1.54) is 11.3 Å². The molecule has 1 amide bonds. The van der Waals surface area contributed by atoms with Crippen molar-refractivity contribution in [3.8, 4) is 17.0 Å². The van der Waals surface area contributed by atoms with Crippen LogP contribution in [0, 0.1) is 6.92 Å². The second kappa shape index (κ2) is 7.17. The minimum Gasteiger partial charge on any atom is -0.497 e.